The zero-order chi connectivity index (χ0) is 10.8. The molecule has 0 aromatic carbocycles. The Morgan fingerprint density at radius 2 is 1.79 bits per heavy atom. The second kappa shape index (κ2) is 7.64. The standard InChI is InChI=1S/C11H13N3/c1-3-7-14(8-4-2)10-11(9-13)5-6-12/h3-4,10H,1-2,5,7-8H2/b11-10+. The predicted molar refractivity (Wildman–Crippen MR) is 55.9 cm³/mol. The van der Waals surface area contributed by atoms with Gasteiger partial charge in [-0.05, 0) is 0 Å². The molecule has 0 heterocycles. The zero-order valence-electron chi connectivity index (χ0n) is 8.11. The highest BCUT2D eigenvalue weighted by Gasteiger charge is 1.98. The number of rotatable bonds is 6. The van der Waals surface area contributed by atoms with Gasteiger partial charge in [-0.2, -0.15) is 10.5 Å². The molecule has 0 aliphatic rings. The van der Waals surface area contributed by atoms with Crippen LogP contribution in [0.25, 0.3) is 0 Å². The van der Waals surface area contributed by atoms with Crippen LogP contribution in [-0.4, -0.2) is 18.0 Å². The summed E-state index contributed by atoms with van der Waals surface area (Å²) in [6.07, 6.45) is 5.29. The van der Waals surface area contributed by atoms with Gasteiger partial charge in [0.25, 0.3) is 0 Å². The molecule has 0 aromatic heterocycles. The van der Waals surface area contributed by atoms with E-state index in [0.717, 1.165) is 0 Å². The first-order chi connectivity index (χ1) is 6.78. The van der Waals surface area contributed by atoms with E-state index < -0.39 is 0 Å². The summed E-state index contributed by atoms with van der Waals surface area (Å²) in [5, 5.41) is 17.1. The Bertz CT molecular complexity index is 291. The van der Waals surface area contributed by atoms with Gasteiger partial charge in [0.2, 0.25) is 0 Å². The summed E-state index contributed by atoms with van der Waals surface area (Å²) >= 11 is 0. The molecule has 3 heteroatoms. The van der Waals surface area contributed by atoms with Crippen LogP contribution in [-0.2, 0) is 0 Å². The number of nitriles is 2. The van der Waals surface area contributed by atoms with Gasteiger partial charge < -0.3 is 4.90 Å². The minimum Gasteiger partial charge on any atom is -0.369 e. The summed E-state index contributed by atoms with van der Waals surface area (Å²) in [6.45, 7) is 8.50. The Morgan fingerprint density at radius 1 is 1.21 bits per heavy atom. The van der Waals surface area contributed by atoms with Crippen molar-refractivity contribution < 1.29 is 0 Å². The van der Waals surface area contributed by atoms with Gasteiger partial charge in [-0.15, -0.1) is 13.2 Å². The molecule has 0 saturated heterocycles. The molecule has 14 heavy (non-hydrogen) atoms. The molecule has 0 rings (SSSR count). The van der Waals surface area contributed by atoms with Gasteiger partial charge in [-0.3, -0.25) is 0 Å². The molecule has 3 nitrogen and oxygen atoms in total. The number of hydrogen-bond acceptors (Lipinski definition) is 3. The van der Waals surface area contributed by atoms with E-state index in [4.69, 9.17) is 10.5 Å². The Morgan fingerprint density at radius 3 is 2.14 bits per heavy atom. The monoisotopic (exact) mass is 187 g/mol. The molecule has 0 amide bonds. The second-order valence-electron chi connectivity index (χ2n) is 2.63. The molecule has 0 spiro atoms. The van der Waals surface area contributed by atoms with Gasteiger partial charge in [0, 0.05) is 19.3 Å². The molecular formula is C11H13N3. The van der Waals surface area contributed by atoms with Crippen LogP contribution >= 0.6 is 0 Å². The molecule has 0 N–H and O–H groups in total. The summed E-state index contributed by atoms with van der Waals surface area (Å²) < 4.78 is 0. The lowest BCUT2D eigenvalue weighted by atomic mass is 10.2. The third-order valence-corrected chi connectivity index (χ3v) is 1.48. The van der Waals surface area contributed by atoms with Gasteiger partial charge in [-0.1, -0.05) is 12.2 Å². The van der Waals surface area contributed by atoms with Crippen LogP contribution in [0.1, 0.15) is 6.42 Å². The van der Waals surface area contributed by atoms with E-state index in [1.165, 1.54) is 0 Å². The third kappa shape index (κ3) is 4.79. The van der Waals surface area contributed by atoms with Crippen molar-refractivity contribution in [1.82, 2.24) is 4.90 Å². The molecule has 0 aliphatic carbocycles. The molecule has 0 saturated carbocycles. The second-order valence-corrected chi connectivity index (χ2v) is 2.63. The van der Waals surface area contributed by atoms with Crippen LogP contribution in [0.2, 0.25) is 0 Å². The van der Waals surface area contributed by atoms with Crippen LogP contribution in [0.3, 0.4) is 0 Å². The first-order valence-electron chi connectivity index (χ1n) is 4.22. The number of allylic oxidation sites excluding steroid dienone is 1. The average molecular weight is 187 g/mol. The largest absolute Gasteiger partial charge is 0.369 e. The van der Waals surface area contributed by atoms with E-state index >= 15 is 0 Å². The number of nitrogens with zero attached hydrogens (tertiary/aromatic N) is 3. The lowest BCUT2D eigenvalue weighted by Crippen LogP contribution is -2.17. The first-order valence-corrected chi connectivity index (χ1v) is 4.22. The quantitative estimate of drug-likeness (QED) is 0.472. The van der Waals surface area contributed by atoms with Crippen LogP contribution in [0.5, 0.6) is 0 Å². The van der Waals surface area contributed by atoms with Crippen molar-refractivity contribution in [2.75, 3.05) is 13.1 Å². The summed E-state index contributed by atoms with van der Waals surface area (Å²) in [7, 11) is 0. The molecule has 0 unspecified atom stereocenters. The minimum atomic E-state index is 0.140. The fraction of sp³-hybridized carbons (Fsp3) is 0.273. The average Bonchev–Trinajstić information content (AvgIpc) is 2.18. The smallest absolute Gasteiger partial charge is 0.0973 e. The maximum absolute atomic E-state index is 8.69. The highest BCUT2D eigenvalue weighted by Crippen LogP contribution is 2.01. The topological polar surface area (TPSA) is 50.8 Å². The fourth-order valence-electron chi connectivity index (χ4n) is 0.931. The highest BCUT2D eigenvalue weighted by molar-refractivity contribution is 5.23. The van der Waals surface area contributed by atoms with Gasteiger partial charge in [0.15, 0.2) is 0 Å². The highest BCUT2D eigenvalue weighted by atomic mass is 15.1. The van der Waals surface area contributed by atoms with Gasteiger partial charge in [0.1, 0.15) is 0 Å². The Labute approximate surface area is 84.9 Å². The van der Waals surface area contributed by atoms with Gasteiger partial charge in [0.05, 0.1) is 24.1 Å². The van der Waals surface area contributed by atoms with Crippen molar-refractivity contribution in [1.29, 1.82) is 10.5 Å². The minimum absolute atomic E-state index is 0.140. The predicted octanol–water partition coefficient (Wildman–Crippen LogP) is 1.98. The molecule has 0 atom stereocenters. The van der Waals surface area contributed by atoms with Crippen LogP contribution in [0, 0.1) is 22.7 Å². The van der Waals surface area contributed by atoms with E-state index in [0.29, 0.717) is 18.7 Å². The number of hydrogen-bond donors (Lipinski definition) is 0. The first kappa shape index (κ1) is 12.0. The van der Waals surface area contributed by atoms with Crippen molar-refractivity contribution in [3.05, 3.63) is 37.1 Å². The Balaban J connectivity index is 4.50. The zero-order valence-corrected chi connectivity index (χ0v) is 8.11. The van der Waals surface area contributed by atoms with Crippen LogP contribution < -0.4 is 0 Å². The Hall–Kier alpha value is -2.00. The molecular weight excluding hydrogens is 174 g/mol. The maximum Gasteiger partial charge on any atom is 0.0973 e. The summed E-state index contributed by atoms with van der Waals surface area (Å²) in [4.78, 5) is 1.87. The van der Waals surface area contributed by atoms with E-state index in [-0.39, 0.29) is 6.42 Å². The summed E-state index contributed by atoms with van der Waals surface area (Å²) in [5.41, 5.74) is 0.455. The molecule has 72 valence electrons. The van der Waals surface area contributed by atoms with E-state index in [1.807, 2.05) is 17.0 Å². The van der Waals surface area contributed by atoms with Crippen molar-refractivity contribution in [2.24, 2.45) is 0 Å². The molecule has 0 aliphatic heterocycles. The van der Waals surface area contributed by atoms with Crippen LogP contribution in [0.4, 0.5) is 0 Å². The molecule has 0 bridgehead atoms. The van der Waals surface area contributed by atoms with Crippen molar-refractivity contribution in [2.45, 2.75) is 6.42 Å². The van der Waals surface area contributed by atoms with Gasteiger partial charge >= 0.3 is 0 Å². The van der Waals surface area contributed by atoms with Crippen LogP contribution in [0.15, 0.2) is 37.1 Å². The van der Waals surface area contributed by atoms with Crippen molar-refractivity contribution in [3.63, 3.8) is 0 Å². The third-order valence-electron chi connectivity index (χ3n) is 1.48. The lowest BCUT2D eigenvalue weighted by Gasteiger charge is -2.16. The van der Waals surface area contributed by atoms with E-state index in [1.54, 1.807) is 18.4 Å². The Kier molecular flexibility index (Phi) is 6.55. The van der Waals surface area contributed by atoms with Crippen molar-refractivity contribution in [3.8, 4) is 12.1 Å². The summed E-state index contributed by atoms with van der Waals surface area (Å²) in [5.74, 6) is 0. The molecule has 0 fully saturated rings. The molecule has 0 radical (unpaired) electrons. The normalized spacial score (nSPS) is 9.71. The van der Waals surface area contributed by atoms with E-state index in [2.05, 4.69) is 13.2 Å². The van der Waals surface area contributed by atoms with Gasteiger partial charge in [-0.25, -0.2) is 0 Å². The lowest BCUT2D eigenvalue weighted by molar-refractivity contribution is 0.459. The molecule has 0 aromatic rings. The fourth-order valence-corrected chi connectivity index (χ4v) is 0.931. The van der Waals surface area contributed by atoms with E-state index in [9.17, 15) is 0 Å². The van der Waals surface area contributed by atoms with Crippen molar-refractivity contribution >= 4 is 0 Å². The maximum atomic E-state index is 8.69. The SMILES string of the molecule is C=CCN(/C=C(/C#N)CC#N)CC=C. The summed E-state index contributed by atoms with van der Waals surface area (Å²) in [6, 6.07) is 3.92.